The number of thioether (sulfide) groups is 1. The van der Waals surface area contributed by atoms with Gasteiger partial charge in [-0.2, -0.15) is 11.8 Å². The lowest BCUT2D eigenvalue weighted by Gasteiger charge is -1.95. The molecule has 78 valence electrons. The maximum Gasteiger partial charge on any atom is 0.373 e. The Balaban J connectivity index is 2.46. The van der Waals surface area contributed by atoms with Gasteiger partial charge in [-0.1, -0.05) is 0 Å². The molecule has 14 heavy (non-hydrogen) atoms. The summed E-state index contributed by atoms with van der Waals surface area (Å²) in [6.45, 7) is 0.148. The predicted molar refractivity (Wildman–Crippen MR) is 53.3 cm³/mol. The Morgan fingerprint density at radius 2 is 2.43 bits per heavy atom. The average molecular weight is 216 g/mol. The lowest BCUT2D eigenvalue weighted by Crippen LogP contribution is -1.98. The molecule has 0 saturated heterocycles. The SMILES string of the molecule is COC(=O)c1ccc(CSCCO)o1. The maximum atomic E-state index is 11.0. The van der Waals surface area contributed by atoms with Gasteiger partial charge in [-0.25, -0.2) is 4.79 Å². The fourth-order valence-corrected chi connectivity index (χ4v) is 1.53. The molecule has 0 amide bonds. The van der Waals surface area contributed by atoms with Crippen molar-refractivity contribution >= 4 is 17.7 Å². The smallest absolute Gasteiger partial charge is 0.373 e. The number of methoxy groups -OCH3 is 1. The minimum absolute atomic E-state index is 0.148. The first-order valence-corrected chi connectivity index (χ1v) is 5.29. The van der Waals surface area contributed by atoms with E-state index < -0.39 is 5.97 Å². The third-order valence-electron chi connectivity index (χ3n) is 1.53. The van der Waals surface area contributed by atoms with Crippen molar-refractivity contribution in [3.8, 4) is 0 Å². The molecule has 5 heteroatoms. The zero-order chi connectivity index (χ0) is 10.4. The summed E-state index contributed by atoms with van der Waals surface area (Å²) in [5, 5.41) is 8.55. The van der Waals surface area contributed by atoms with Crippen molar-refractivity contribution < 1.29 is 19.1 Å². The number of esters is 1. The molecule has 1 N–H and O–H groups in total. The van der Waals surface area contributed by atoms with Crippen molar-refractivity contribution in [2.24, 2.45) is 0 Å². The van der Waals surface area contributed by atoms with E-state index in [4.69, 9.17) is 9.52 Å². The van der Waals surface area contributed by atoms with Gasteiger partial charge < -0.3 is 14.3 Å². The van der Waals surface area contributed by atoms with E-state index in [-0.39, 0.29) is 12.4 Å². The number of hydrogen-bond acceptors (Lipinski definition) is 5. The molecular weight excluding hydrogens is 204 g/mol. The van der Waals surface area contributed by atoms with Crippen LogP contribution in [0.4, 0.5) is 0 Å². The second-order valence-electron chi connectivity index (χ2n) is 2.53. The number of rotatable bonds is 5. The summed E-state index contributed by atoms with van der Waals surface area (Å²) in [5.41, 5.74) is 0. The minimum Gasteiger partial charge on any atom is -0.463 e. The van der Waals surface area contributed by atoms with Crippen LogP contribution < -0.4 is 0 Å². The van der Waals surface area contributed by atoms with Gasteiger partial charge in [-0.05, 0) is 12.1 Å². The number of aliphatic hydroxyl groups excluding tert-OH is 1. The number of hydrogen-bond donors (Lipinski definition) is 1. The van der Waals surface area contributed by atoms with Crippen LogP contribution >= 0.6 is 11.8 Å². The molecule has 0 aliphatic carbocycles. The zero-order valence-corrected chi connectivity index (χ0v) is 8.67. The molecule has 0 aliphatic rings. The van der Waals surface area contributed by atoms with E-state index >= 15 is 0 Å². The van der Waals surface area contributed by atoms with Gasteiger partial charge in [0.2, 0.25) is 5.76 Å². The zero-order valence-electron chi connectivity index (χ0n) is 7.86. The highest BCUT2D eigenvalue weighted by Gasteiger charge is 2.10. The minimum atomic E-state index is -0.469. The van der Waals surface area contributed by atoms with Crippen molar-refractivity contribution in [1.29, 1.82) is 0 Å². The van der Waals surface area contributed by atoms with Crippen LogP contribution in [0, 0.1) is 0 Å². The molecule has 0 aliphatic heterocycles. The quantitative estimate of drug-likeness (QED) is 0.593. The molecule has 0 spiro atoms. The summed E-state index contributed by atoms with van der Waals surface area (Å²) in [6, 6.07) is 3.32. The van der Waals surface area contributed by atoms with Crippen LogP contribution in [0.3, 0.4) is 0 Å². The van der Waals surface area contributed by atoms with E-state index in [9.17, 15) is 4.79 Å². The highest BCUT2D eigenvalue weighted by Crippen LogP contribution is 2.15. The number of carbonyl (C=O) groups is 1. The molecule has 1 heterocycles. The van der Waals surface area contributed by atoms with Gasteiger partial charge in [0.15, 0.2) is 0 Å². The number of ether oxygens (including phenoxy) is 1. The topological polar surface area (TPSA) is 59.7 Å². The van der Waals surface area contributed by atoms with Crippen LogP contribution in [0.25, 0.3) is 0 Å². The van der Waals surface area contributed by atoms with Crippen molar-refractivity contribution in [2.45, 2.75) is 5.75 Å². The van der Waals surface area contributed by atoms with Gasteiger partial charge in [-0.3, -0.25) is 0 Å². The van der Waals surface area contributed by atoms with Crippen LogP contribution in [0.15, 0.2) is 16.5 Å². The number of aliphatic hydroxyl groups is 1. The molecule has 0 atom stereocenters. The summed E-state index contributed by atoms with van der Waals surface area (Å²) in [5.74, 6) is 1.77. The van der Waals surface area contributed by atoms with Crippen LogP contribution in [0.5, 0.6) is 0 Å². The van der Waals surface area contributed by atoms with Gasteiger partial charge in [0.25, 0.3) is 0 Å². The number of carbonyl (C=O) groups excluding carboxylic acids is 1. The lowest BCUT2D eigenvalue weighted by atomic mass is 10.4. The Labute approximate surface area is 86.2 Å². The summed E-state index contributed by atoms with van der Waals surface area (Å²) in [7, 11) is 1.31. The Morgan fingerprint density at radius 3 is 3.07 bits per heavy atom. The highest BCUT2D eigenvalue weighted by molar-refractivity contribution is 7.98. The third-order valence-corrected chi connectivity index (χ3v) is 2.49. The second-order valence-corrected chi connectivity index (χ2v) is 3.64. The van der Waals surface area contributed by atoms with E-state index in [1.807, 2.05) is 0 Å². The molecule has 1 rings (SSSR count). The fraction of sp³-hybridized carbons (Fsp3) is 0.444. The summed E-state index contributed by atoms with van der Waals surface area (Å²) >= 11 is 1.54. The van der Waals surface area contributed by atoms with E-state index in [0.717, 1.165) is 0 Å². The van der Waals surface area contributed by atoms with Crippen LogP contribution in [0.1, 0.15) is 16.3 Å². The third kappa shape index (κ3) is 3.08. The van der Waals surface area contributed by atoms with Gasteiger partial charge in [0.1, 0.15) is 5.76 Å². The highest BCUT2D eigenvalue weighted by atomic mass is 32.2. The molecule has 0 unspecified atom stereocenters. The van der Waals surface area contributed by atoms with Crippen LogP contribution in [-0.2, 0) is 10.5 Å². The summed E-state index contributed by atoms with van der Waals surface area (Å²) < 4.78 is 9.70. The molecule has 4 nitrogen and oxygen atoms in total. The first-order chi connectivity index (χ1) is 6.77. The van der Waals surface area contributed by atoms with Crippen molar-refractivity contribution in [3.05, 3.63) is 23.7 Å². The van der Waals surface area contributed by atoms with E-state index in [1.165, 1.54) is 7.11 Å². The summed E-state index contributed by atoms with van der Waals surface area (Å²) in [4.78, 5) is 11.0. The molecule has 0 fully saturated rings. The average Bonchev–Trinajstić information content (AvgIpc) is 2.66. The van der Waals surface area contributed by atoms with Gasteiger partial charge >= 0.3 is 5.97 Å². The molecule has 0 bridgehead atoms. The normalized spacial score (nSPS) is 10.1. The molecule has 0 aromatic carbocycles. The van der Waals surface area contributed by atoms with Crippen molar-refractivity contribution in [2.75, 3.05) is 19.5 Å². The fourth-order valence-electron chi connectivity index (χ4n) is 0.903. The standard InChI is InChI=1S/C9H12O4S/c1-12-9(11)8-3-2-7(13-8)6-14-5-4-10/h2-3,10H,4-6H2,1H3. The van der Waals surface area contributed by atoms with Crippen molar-refractivity contribution in [1.82, 2.24) is 0 Å². The Hall–Kier alpha value is -0.940. The molecule has 0 saturated carbocycles. The Morgan fingerprint density at radius 1 is 1.64 bits per heavy atom. The summed E-state index contributed by atoms with van der Waals surface area (Å²) in [6.07, 6.45) is 0. The second kappa shape index (κ2) is 5.72. The van der Waals surface area contributed by atoms with Crippen LogP contribution in [0.2, 0.25) is 0 Å². The Kier molecular flexibility index (Phi) is 4.55. The van der Waals surface area contributed by atoms with E-state index in [1.54, 1.807) is 23.9 Å². The van der Waals surface area contributed by atoms with E-state index in [0.29, 0.717) is 17.3 Å². The maximum absolute atomic E-state index is 11.0. The van der Waals surface area contributed by atoms with E-state index in [2.05, 4.69) is 4.74 Å². The van der Waals surface area contributed by atoms with Gasteiger partial charge in [0, 0.05) is 5.75 Å². The monoisotopic (exact) mass is 216 g/mol. The first kappa shape index (κ1) is 11.1. The molecule has 1 aromatic rings. The van der Waals surface area contributed by atoms with Gasteiger partial charge in [0.05, 0.1) is 19.5 Å². The molecule has 1 aromatic heterocycles. The predicted octanol–water partition coefficient (Wildman–Crippen LogP) is 1.29. The lowest BCUT2D eigenvalue weighted by molar-refractivity contribution is 0.0563. The number of furan rings is 1. The largest absolute Gasteiger partial charge is 0.463 e. The molecular formula is C9H12O4S. The van der Waals surface area contributed by atoms with Crippen molar-refractivity contribution in [3.63, 3.8) is 0 Å². The Bertz CT molecular complexity index is 295. The first-order valence-electron chi connectivity index (χ1n) is 4.13. The van der Waals surface area contributed by atoms with Gasteiger partial charge in [-0.15, -0.1) is 0 Å². The van der Waals surface area contributed by atoms with Crippen LogP contribution in [-0.4, -0.2) is 30.5 Å². The molecule has 0 radical (unpaired) electrons.